The van der Waals surface area contributed by atoms with Crippen LogP contribution in [-0.4, -0.2) is 30.7 Å². The number of rotatable bonds is 8. The van der Waals surface area contributed by atoms with Crippen molar-refractivity contribution in [2.24, 2.45) is 5.92 Å². The van der Waals surface area contributed by atoms with Crippen molar-refractivity contribution in [2.75, 3.05) is 0 Å². The van der Waals surface area contributed by atoms with Gasteiger partial charge in [-0.15, -0.1) is 5.10 Å². The van der Waals surface area contributed by atoms with E-state index in [1.165, 1.54) is 6.33 Å². The van der Waals surface area contributed by atoms with Crippen LogP contribution in [0.3, 0.4) is 0 Å². The van der Waals surface area contributed by atoms with E-state index in [4.69, 9.17) is 0 Å². The lowest BCUT2D eigenvalue weighted by atomic mass is 9.95. The normalized spacial score (nSPS) is 11.8. The quantitative estimate of drug-likeness (QED) is 0.279. The van der Waals surface area contributed by atoms with Crippen molar-refractivity contribution in [3.63, 3.8) is 0 Å². The molecular formula is C27H26F3N5O. The minimum atomic E-state index is -4.52. The van der Waals surface area contributed by atoms with Crippen LogP contribution < -0.4 is 0 Å². The molecule has 0 amide bonds. The third-order valence-electron chi connectivity index (χ3n) is 5.89. The van der Waals surface area contributed by atoms with Crippen molar-refractivity contribution < 1.29 is 18.0 Å². The van der Waals surface area contributed by atoms with Gasteiger partial charge >= 0.3 is 6.18 Å². The fraction of sp³-hybridized carbons (Fsp3) is 0.296. The number of aromatic nitrogens is 5. The largest absolute Gasteiger partial charge is 0.416 e. The molecule has 0 atom stereocenters. The highest BCUT2D eigenvalue weighted by molar-refractivity contribution is 5.98. The van der Waals surface area contributed by atoms with E-state index >= 15 is 0 Å². The number of carbonyl (C=O) groups excluding carboxylic acids is 1. The Bertz CT molecular complexity index is 1360. The monoisotopic (exact) mass is 493 g/mol. The van der Waals surface area contributed by atoms with Crippen molar-refractivity contribution in [1.82, 2.24) is 25.0 Å². The second-order valence-corrected chi connectivity index (χ2v) is 9.25. The average Bonchev–Trinajstić information content (AvgIpc) is 3.34. The summed E-state index contributed by atoms with van der Waals surface area (Å²) >= 11 is 0. The van der Waals surface area contributed by atoms with Gasteiger partial charge in [0.25, 0.3) is 0 Å². The van der Waals surface area contributed by atoms with E-state index in [9.17, 15) is 18.0 Å². The van der Waals surface area contributed by atoms with Crippen LogP contribution in [0.5, 0.6) is 0 Å². The predicted octanol–water partition coefficient (Wildman–Crippen LogP) is 6.07. The maximum absolute atomic E-state index is 13.5. The number of carbonyl (C=O) groups is 1. The van der Waals surface area contributed by atoms with E-state index in [-0.39, 0.29) is 17.8 Å². The molecule has 0 aliphatic carbocycles. The van der Waals surface area contributed by atoms with Gasteiger partial charge in [-0.25, -0.2) is 14.6 Å². The van der Waals surface area contributed by atoms with E-state index in [0.29, 0.717) is 34.7 Å². The molecule has 0 spiro atoms. The number of nitrogens with zero attached hydrogens (tertiary/aromatic N) is 5. The first-order valence-electron chi connectivity index (χ1n) is 11.6. The van der Waals surface area contributed by atoms with Gasteiger partial charge in [-0.05, 0) is 66.6 Å². The molecule has 4 rings (SSSR count). The zero-order valence-corrected chi connectivity index (χ0v) is 20.3. The maximum atomic E-state index is 13.5. The van der Waals surface area contributed by atoms with Crippen molar-refractivity contribution in [3.05, 3.63) is 89.1 Å². The van der Waals surface area contributed by atoms with Gasteiger partial charge in [-0.1, -0.05) is 31.2 Å². The number of ketones is 1. The van der Waals surface area contributed by atoms with Gasteiger partial charge in [0.1, 0.15) is 12.0 Å². The standard InChI is InChI=1S/C27H26F3N5O/c1-17(2)4-6-19-8-21(12-23(9-19)27(28,29)30)26(36)11-20-7-5-18(3)25(10-20)35-15-24(33-34-35)22-13-31-16-32-14-22/h5,7-10,12-17H,4,6,11H2,1-3H3. The highest BCUT2D eigenvalue weighted by atomic mass is 19.4. The van der Waals surface area contributed by atoms with E-state index < -0.39 is 11.7 Å². The molecule has 0 unspecified atom stereocenters. The molecule has 4 aromatic rings. The summed E-state index contributed by atoms with van der Waals surface area (Å²) in [6.45, 7) is 5.93. The molecule has 0 aliphatic heterocycles. The van der Waals surface area contributed by atoms with E-state index in [1.54, 1.807) is 41.5 Å². The Morgan fingerprint density at radius 3 is 2.47 bits per heavy atom. The lowest BCUT2D eigenvalue weighted by molar-refractivity contribution is -0.137. The fourth-order valence-corrected chi connectivity index (χ4v) is 3.86. The van der Waals surface area contributed by atoms with Crippen molar-refractivity contribution in [1.29, 1.82) is 0 Å². The molecule has 0 saturated carbocycles. The highest BCUT2D eigenvalue weighted by Crippen LogP contribution is 2.32. The molecule has 9 heteroatoms. The summed E-state index contributed by atoms with van der Waals surface area (Å²) in [5, 5.41) is 8.36. The lowest BCUT2D eigenvalue weighted by Gasteiger charge is -2.13. The van der Waals surface area contributed by atoms with Gasteiger partial charge in [0.05, 0.1) is 17.4 Å². The number of halogens is 3. The van der Waals surface area contributed by atoms with Gasteiger partial charge in [0.2, 0.25) is 0 Å². The highest BCUT2D eigenvalue weighted by Gasteiger charge is 2.31. The number of hydrogen-bond donors (Lipinski definition) is 0. The minimum Gasteiger partial charge on any atom is -0.294 e. The molecule has 0 bridgehead atoms. The third kappa shape index (κ3) is 6.02. The Hall–Kier alpha value is -3.88. The molecule has 0 N–H and O–H groups in total. The summed E-state index contributed by atoms with van der Waals surface area (Å²) in [6, 6.07) is 9.13. The van der Waals surface area contributed by atoms with E-state index in [2.05, 4.69) is 20.3 Å². The Balaban J connectivity index is 1.60. The summed E-state index contributed by atoms with van der Waals surface area (Å²) in [5.41, 5.74) is 3.39. The van der Waals surface area contributed by atoms with Crippen LogP contribution in [0.15, 0.2) is 61.3 Å². The zero-order valence-electron chi connectivity index (χ0n) is 20.3. The third-order valence-corrected chi connectivity index (χ3v) is 5.89. The molecule has 6 nitrogen and oxygen atoms in total. The smallest absolute Gasteiger partial charge is 0.294 e. The maximum Gasteiger partial charge on any atom is 0.416 e. The van der Waals surface area contributed by atoms with Gasteiger partial charge in [0, 0.05) is 29.9 Å². The van der Waals surface area contributed by atoms with Crippen LogP contribution in [0.25, 0.3) is 16.9 Å². The topological polar surface area (TPSA) is 73.6 Å². The van der Waals surface area contributed by atoms with E-state index in [0.717, 1.165) is 29.8 Å². The molecule has 2 aromatic carbocycles. The predicted molar refractivity (Wildman–Crippen MR) is 130 cm³/mol. The molecular weight excluding hydrogens is 467 g/mol. The number of alkyl halides is 3. The molecule has 186 valence electrons. The zero-order chi connectivity index (χ0) is 25.9. The second kappa shape index (κ2) is 10.4. The Labute approximate surface area is 207 Å². The van der Waals surface area contributed by atoms with Gasteiger partial charge in [-0.2, -0.15) is 13.2 Å². The molecule has 2 heterocycles. The second-order valence-electron chi connectivity index (χ2n) is 9.25. The molecule has 0 radical (unpaired) electrons. The summed E-state index contributed by atoms with van der Waals surface area (Å²) in [6.07, 6.45) is 3.10. The number of hydrogen-bond acceptors (Lipinski definition) is 5. The molecule has 0 aliphatic rings. The Morgan fingerprint density at radius 2 is 1.78 bits per heavy atom. The van der Waals surface area contributed by atoms with Gasteiger partial charge in [0.15, 0.2) is 5.78 Å². The van der Waals surface area contributed by atoms with Crippen LogP contribution in [0.4, 0.5) is 13.2 Å². The van der Waals surface area contributed by atoms with Crippen molar-refractivity contribution in [3.8, 4) is 16.9 Å². The van der Waals surface area contributed by atoms with Crippen LogP contribution in [0, 0.1) is 12.8 Å². The number of Topliss-reactive ketones (excluding diaryl/α,β-unsaturated/α-hetero) is 1. The first-order valence-corrected chi connectivity index (χ1v) is 11.6. The molecule has 2 aromatic heterocycles. The molecule has 0 saturated heterocycles. The average molecular weight is 494 g/mol. The summed E-state index contributed by atoms with van der Waals surface area (Å²) in [5.74, 6) is -0.0289. The molecule has 0 fully saturated rings. The van der Waals surface area contributed by atoms with Crippen LogP contribution >= 0.6 is 0 Å². The van der Waals surface area contributed by atoms with Crippen molar-refractivity contribution >= 4 is 5.78 Å². The SMILES string of the molecule is Cc1ccc(CC(=O)c2cc(CCC(C)C)cc(C(F)(F)F)c2)cc1-n1cc(-c2cncnc2)nn1. The van der Waals surface area contributed by atoms with Crippen LogP contribution in [-0.2, 0) is 19.0 Å². The van der Waals surface area contributed by atoms with E-state index in [1.807, 2.05) is 26.8 Å². The van der Waals surface area contributed by atoms with Gasteiger partial charge < -0.3 is 0 Å². The number of benzene rings is 2. The Kier molecular flexibility index (Phi) is 7.28. The van der Waals surface area contributed by atoms with Crippen LogP contribution in [0.2, 0.25) is 0 Å². The van der Waals surface area contributed by atoms with Crippen molar-refractivity contribution in [2.45, 2.75) is 46.2 Å². The Morgan fingerprint density at radius 1 is 1.03 bits per heavy atom. The van der Waals surface area contributed by atoms with Crippen LogP contribution in [0.1, 0.15) is 52.9 Å². The summed E-state index contributed by atoms with van der Waals surface area (Å²) in [7, 11) is 0. The lowest BCUT2D eigenvalue weighted by Crippen LogP contribution is -2.11. The fourth-order valence-electron chi connectivity index (χ4n) is 3.86. The summed E-state index contributed by atoms with van der Waals surface area (Å²) in [4.78, 5) is 21.1. The molecule has 36 heavy (non-hydrogen) atoms. The summed E-state index contributed by atoms with van der Waals surface area (Å²) < 4.78 is 42.1. The van der Waals surface area contributed by atoms with Gasteiger partial charge in [-0.3, -0.25) is 4.79 Å². The first kappa shape index (κ1) is 25.2. The minimum absolute atomic E-state index is 0.0354. The number of aryl methyl sites for hydroxylation is 2. The first-order chi connectivity index (χ1) is 17.1.